The van der Waals surface area contributed by atoms with Gasteiger partial charge in [-0.15, -0.1) is 0 Å². The molecule has 1 unspecified atom stereocenters. The Morgan fingerprint density at radius 3 is 2.48 bits per heavy atom. The van der Waals surface area contributed by atoms with Crippen LogP contribution in [0, 0.1) is 5.92 Å². The molecule has 1 saturated carbocycles. The van der Waals surface area contributed by atoms with Crippen LogP contribution in [0.1, 0.15) is 43.7 Å². The fourth-order valence-corrected chi connectivity index (χ4v) is 3.23. The Morgan fingerprint density at radius 1 is 1.19 bits per heavy atom. The third kappa shape index (κ3) is 3.98. The monoisotopic (exact) mass is 306 g/mol. The van der Waals surface area contributed by atoms with Crippen LogP contribution in [0.2, 0.25) is 5.02 Å². The van der Waals surface area contributed by atoms with E-state index in [0.717, 1.165) is 31.0 Å². The average Bonchev–Trinajstić information content (AvgIpc) is 3.35. The van der Waals surface area contributed by atoms with Crippen molar-refractivity contribution >= 4 is 17.5 Å². The molecule has 3 nitrogen and oxygen atoms in total. The molecule has 1 aromatic carbocycles. The molecule has 0 spiro atoms. The number of hydrogen-bond acceptors (Lipinski definition) is 2. The molecule has 114 valence electrons. The molecule has 1 aromatic rings. The second-order valence-corrected chi connectivity index (χ2v) is 6.63. The number of amides is 1. The van der Waals surface area contributed by atoms with E-state index in [9.17, 15) is 4.79 Å². The summed E-state index contributed by atoms with van der Waals surface area (Å²) in [5, 5.41) is 4.24. The maximum Gasteiger partial charge on any atom is 0.236 e. The number of benzene rings is 1. The summed E-state index contributed by atoms with van der Waals surface area (Å²) in [4.78, 5) is 14.3. The van der Waals surface area contributed by atoms with Crippen LogP contribution < -0.4 is 5.32 Å². The summed E-state index contributed by atoms with van der Waals surface area (Å²) in [5.74, 6) is 0.912. The number of carbonyl (C=O) groups excluding carboxylic acids is 1. The molecule has 1 amide bonds. The molecule has 1 aliphatic heterocycles. The Morgan fingerprint density at radius 2 is 1.86 bits per heavy atom. The number of carbonyl (C=O) groups is 1. The molecule has 1 N–H and O–H groups in total. The van der Waals surface area contributed by atoms with Crippen molar-refractivity contribution in [2.24, 2.45) is 5.92 Å². The topological polar surface area (TPSA) is 32.3 Å². The van der Waals surface area contributed by atoms with Gasteiger partial charge in [-0.3, -0.25) is 4.79 Å². The van der Waals surface area contributed by atoms with Crippen LogP contribution in [0.3, 0.4) is 0 Å². The Balaban J connectivity index is 1.58. The van der Waals surface area contributed by atoms with E-state index in [4.69, 9.17) is 11.6 Å². The second-order valence-electron chi connectivity index (χ2n) is 6.19. The van der Waals surface area contributed by atoms with Crippen LogP contribution in [0.4, 0.5) is 0 Å². The lowest BCUT2D eigenvalue weighted by molar-refractivity contribution is -0.131. The minimum atomic E-state index is 0.245. The van der Waals surface area contributed by atoms with E-state index in [2.05, 4.69) is 17.4 Å². The lowest BCUT2D eigenvalue weighted by Crippen LogP contribution is -2.42. The maximum atomic E-state index is 12.3. The molecule has 2 aliphatic rings. The summed E-state index contributed by atoms with van der Waals surface area (Å²) in [6, 6.07) is 8.30. The Bertz CT molecular complexity index is 478. The number of halogens is 1. The third-order valence-corrected chi connectivity index (χ3v) is 4.76. The molecule has 2 fully saturated rings. The van der Waals surface area contributed by atoms with Crippen LogP contribution in [-0.2, 0) is 4.79 Å². The molecular formula is C17H23ClN2O. The van der Waals surface area contributed by atoms with E-state index in [0.29, 0.717) is 12.5 Å². The number of nitrogens with zero attached hydrogens (tertiary/aromatic N) is 1. The SMILES string of the molecule is O=C(CNC(c1ccc(Cl)cc1)C1CC1)N1CCCCC1. The first kappa shape index (κ1) is 14.9. The number of hydrogen-bond donors (Lipinski definition) is 1. The molecule has 1 heterocycles. The molecule has 0 aromatic heterocycles. The molecule has 1 atom stereocenters. The van der Waals surface area contributed by atoms with Gasteiger partial charge < -0.3 is 10.2 Å². The Hall–Kier alpha value is -1.06. The zero-order chi connectivity index (χ0) is 14.7. The van der Waals surface area contributed by atoms with Crippen molar-refractivity contribution in [3.63, 3.8) is 0 Å². The number of rotatable bonds is 5. The minimum Gasteiger partial charge on any atom is -0.342 e. The van der Waals surface area contributed by atoms with E-state index in [1.807, 2.05) is 17.0 Å². The maximum absolute atomic E-state index is 12.3. The van der Waals surface area contributed by atoms with E-state index in [-0.39, 0.29) is 11.9 Å². The highest BCUT2D eigenvalue weighted by molar-refractivity contribution is 6.30. The highest BCUT2D eigenvalue weighted by Gasteiger charge is 2.32. The fourth-order valence-electron chi connectivity index (χ4n) is 3.11. The highest BCUT2D eigenvalue weighted by atomic mass is 35.5. The van der Waals surface area contributed by atoms with Gasteiger partial charge >= 0.3 is 0 Å². The van der Waals surface area contributed by atoms with Crippen molar-refractivity contribution in [3.8, 4) is 0 Å². The van der Waals surface area contributed by atoms with Crippen LogP contribution in [0.25, 0.3) is 0 Å². The number of likely N-dealkylation sites (tertiary alicyclic amines) is 1. The van der Waals surface area contributed by atoms with Crippen molar-refractivity contribution in [1.29, 1.82) is 0 Å². The molecular weight excluding hydrogens is 284 g/mol. The summed E-state index contributed by atoms with van der Waals surface area (Å²) in [5.41, 5.74) is 1.24. The van der Waals surface area contributed by atoms with Gasteiger partial charge in [-0.2, -0.15) is 0 Å². The van der Waals surface area contributed by atoms with Gasteiger partial charge in [0, 0.05) is 24.2 Å². The lowest BCUT2D eigenvalue weighted by Gasteiger charge is -2.28. The number of piperidine rings is 1. The third-order valence-electron chi connectivity index (χ3n) is 4.50. The summed E-state index contributed by atoms with van der Waals surface area (Å²) in [6.07, 6.45) is 6.05. The first-order valence-corrected chi connectivity index (χ1v) is 8.38. The van der Waals surface area contributed by atoms with Crippen molar-refractivity contribution in [2.75, 3.05) is 19.6 Å². The zero-order valence-electron chi connectivity index (χ0n) is 12.4. The Labute approximate surface area is 131 Å². The van der Waals surface area contributed by atoms with Gasteiger partial charge in [-0.1, -0.05) is 23.7 Å². The predicted octanol–water partition coefficient (Wildman–Crippen LogP) is 3.39. The summed E-state index contributed by atoms with van der Waals surface area (Å²) >= 11 is 5.96. The molecule has 0 radical (unpaired) electrons. The normalized spacial score (nSPS) is 20.3. The standard InChI is InChI=1S/C17H23ClN2O/c18-15-8-6-14(7-9-15)17(13-4-5-13)19-12-16(21)20-10-2-1-3-11-20/h6-9,13,17,19H,1-5,10-12H2. The predicted molar refractivity (Wildman–Crippen MR) is 85.4 cm³/mol. The van der Waals surface area contributed by atoms with Crippen molar-refractivity contribution in [2.45, 2.75) is 38.1 Å². The van der Waals surface area contributed by atoms with E-state index in [1.165, 1.54) is 24.8 Å². The van der Waals surface area contributed by atoms with Gasteiger partial charge in [0.2, 0.25) is 5.91 Å². The van der Waals surface area contributed by atoms with Crippen LogP contribution in [0.15, 0.2) is 24.3 Å². The summed E-state index contributed by atoms with van der Waals surface area (Å²) < 4.78 is 0. The van der Waals surface area contributed by atoms with Crippen molar-refractivity contribution < 1.29 is 4.79 Å². The van der Waals surface area contributed by atoms with Crippen LogP contribution >= 0.6 is 11.6 Å². The second kappa shape index (κ2) is 6.80. The van der Waals surface area contributed by atoms with Crippen LogP contribution in [0.5, 0.6) is 0 Å². The molecule has 21 heavy (non-hydrogen) atoms. The average molecular weight is 307 g/mol. The molecule has 1 saturated heterocycles. The minimum absolute atomic E-state index is 0.245. The zero-order valence-corrected chi connectivity index (χ0v) is 13.1. The molecule has 4 heteroatoms. The van der Waals surface area contributed by atoms with Crippen LogP contribution in [-0.4, -0.2) is 30.4 Å². The quantitative estimate of drug-likeness (QED) is 0.904. The lowest BCUT2D eigenvalue weighted by atomic mass is 10.0. The number of nitrogens with one attached hydrogen (secondary N) is 1. The van der Waals surface area contributed by atoms with Gasteiger partial charge in [-0.25, -0.2) is 0 Å². The van der Waals surface area contributed by atoms with Crippen molar-refractivity contribution in [1.82, 2.24) is 10.2 Å². The van der Waals surface area contributed by atoms with Gasteiger partial charge in [0.05, 0.1) is 6.54 Å². The summed E-state index contributed by atoms with van der Waals surface area (Å²) in [7, 11) is 0. The smallest absolute Gasteiger partial charge is 0.236 e. The fraction of sp³-hybridized carbons (Fsp3) is 0.588. The van der Waals surface area contributed by atoms with Gasteiger partial charge in [0.25, 0.3) is 0 Å². The van der Waals surface area contributed by atoms with E-state index < -0.39 is 0 Å². The summed E-state index contributed by atoms with van der Waals surface area (Å²) in [6.45, 7) is 2.30. The van der Waals surface area contributed by atoms with Crippen molar-refractivity contribution in [3.05, 3.63) is 34.9 Å². The Kier molecular flexibility index (Phi) is 4.81. The van der Waals surface area contributed by atoms with Gasteiger partial charge in [0.1, 0.15) is 0 Å². The first-order valence-electron chi connectivity index (χ1n) is 8.00. The molecule has 1 aliphatic carbocycles. The van der Waals surface area contributed by atoms with E-state index in [1.54, 1.807) is 0 Å². The highest BCUT2D eigenvalue weighted by Crippen LogP contribution is 2.41. The molecule has 0 bridgehead atoms. The molecule has 3 rings (SSSR count). The van der Waals surface area contributed by atoms with Gasteiger partial charge in [-0.05, 0) is 55.7 Å². The van der Waals surface area contributed by atoms with E-state index >= 15 is 0 Å². The largest absolute Gasteiger partial charge is 0.342 e. The van der Waals surface area contributed by atoms with Gasteiger partial charge in [0.15, 0.2) is 0 Å². The first-order chi connectivity index (χ1) is 10.2.